The van der Waals surface area contributed by atoms with Crippen molar-refractivity contribution in [2.45, 2.75) is 12.2 Å². The van der Waals surface area contributed by atoms with Crippen molar-refractivity contribution in [2.24, 2.45) is 0 Å². The van der Waals surface area contributed by atoms with Gasteiger partial charge < -0.3 is 14.3 Å². The zero-order chi connectivity index (χ0) is 33.9. The second-order valence-electron chi connectivity index (χ2n) is 14.2. The SMILES string of the molecule is c1ccc(C2NC(c3ccc(-n4c5cccc6c7cccc8c9ccccc9n(c9cccc4c9c65)c78)c4ccccc34)Nc3ccccc32)cc1. The van der Waals surface area contributed by atoms with Crippen molar-refractivity contribution in [3.05, 3.63) is 187 Å². The summed E-state index contributed by atoms with van der Waals surface area (Å²) in [5.74, 6) is 0. The van der Waals surface area contributed by atoms with E-state index in [-0.39, 0.29) is 12.2 Å². The molecule has 244 valence electrons. The summed E-state index contributed by atoms with van der Waals surface area (Å²) >= 11 is 0. The van der Waals surface area contributed by atoms with E-state index in [4.69, 9.17) is 0 Å². The Hall–Kier alpha value is -6.62. The van der Waals surface area contributed by atoms with Crippen molar-refractivity contribution in [2.75, 3.05) is 5.32 Å². The normalized spacial score (nSPS) is 16.2. The molecule has 2 N–H and O–H groups in total. The number of aromatic nitrogens is 2. The summed E-state index contributed by atoms with van der Waals surface area (Å²) in [4.78, 5) is 0. The lowest BCUT2D eigenvalue weighted by Crippen LogP contribution is -2.37. The van der Waals surface area contributed by atoms with Gasteiger partial charge in [0.05, 0.1) is 39.3 Å². The fourth-order valence-electron chi connectivity index (χ4n) is 9.42. The van der Waals surface area contributed by atoms with Crippen LogP contribution >= 0.6 is 0 Å². The molecule has 2 atom stereocenters. The highest BCUT2D eigenvalue weighted by atomic mass is 15.2. The number of fused-ring (bicyclic) bond motifs is 7. The molecular weight excluding hydrogens is 633 g/mol. The minimum Gasteiger partial charge on any atom is -0.366 e. The molecule has 0 amide bonds. The topological polar surface area (TPSA) is 33.4 Å². The van der Waals surface area contributed by atoms with Crippen LogP contribution < -0.4 is 10.6 Å². The number of nitrogens with zero attached hydrogens (tertiary/aromatic N) is 2. The smallest absolute Gasteiger partial charge is 0.105 e. The van der Waals surface area contributed by atoms with Gasteiger partial charge in [-0.05, 0) is 63.9 Å². The van der Waals surface area contributed by atoms with Gasteiger partial charge in [-0.25, -0.2) is 0 Å². The van der Waals surface area contributed by atoms with Gasteiger partial charge in [-0.1, -0.05) is 133 Å². The molecule has 4 nitrogen and oxygen atoms in total. The quantitative estimate of drug-likeness (QED) is 0.197. The third kappa shape index (κ3) is 3.69. The fraction of sp³-hybridized carbons (Fsp3) is 0.0417. The Morgan fingerprint density at radius 3 is 1.90 bits per heavy atom. The average molecular weight is 665 g/mol. The van der Waals surface area contributed by atoms with Crippen LogP contribution in [0.5, 0.6) is 0 Å². The zero-order valence-electron chi connectivity index (χ0n) is 28.2. The second-order valence-corrected chi connectivity index (χ2v) is 14.2. The predicted octanol–water partition coefficient (Wildman–Crippen LogP) is 11.9. The summed E-state index contributed by atoms with van der Waals surface area (Å²) in [6.45, 7) is 0. The van der Waals surface area contributed by atoms with Crippen LogP contribution in [0.2, 0.25) is 0 Å². The Kier molecular flexibility index (Phi) is 5.65. The van der Waals surface area contributed by atoms with Crippen molar-refractivity contribution in [1.82, 2.24) is 14.3 Å². The molecule has 0 saturated heterocycles. The van der Waals surface area contributed by atoms with E-state index in [9.17, 15) is 0 Å². The first-order valence-corrected chi connectivity index (χ1v) is 18.1. The standard InChI is InChI=1S/C48H32N4/c1-2-13-29(14-3-1)46-37-18-6-8-22-38(37)49-48(50-46)36-27-28-40(31-16-5-4-15-30(31)36)51-41-24-11-19-33-35-21-10-20-34-32-17-7-9-23-39(32)52(47(34)35)43-26-12-25-42(51)45(43)44(33)41/h1-28,46,48-50H. The molecule has 3 aromatic heterocycles. The van der Waals surface area contributed by atoms with Crippen molar-refractivity contribution in [3.8, 4) is 5.69 Å². The van der Waals surface area contributed by atoms with Crippen molar-refractivity contribution in [3.63, 3.8) is 0 Å². The number of benzene rings is 8. The van der Waals surface area contributed by atoms with E-state index in [1.54, 1.807) is 0 Å². The maximum absolute atomic E-state index is 3.99. The molecule has 8 aromatic carbocycles. The van der Waals surface area contributed by atoms with Gasteiger partial charge >= 0.3 is 0 Å². The summed E-state index contributed by atoms with van der Waals surface area (Å²) in [5, 5.41) is 18.0. The highest BCUT2D eigenvalue weighted by Gasteiger charge is 2.29. The van der Waals surface area contributed by atoms with Crippen molar-refractivity contribution in [1.29, 1.82) is 0 Å². The Bertz CT molecular complexity index is 3200. The summed E-state index contributed by atoms with van der Waals surface area (Å²) in [6, 6.07) is 62.4. The number of hydrogen-bond acceptors (Lipinski definition) is 2. The van der Waals surface area contributed by atoms with Crippen LogP contribution in [0, 0.1) is 0 Å². The number of para-hydroxylation sites is 3. The average Bonchev–Trinajstić information content (AvgIpc) is 3.69. The Morgan fingerprint density at radius 1 is 0.404 bits per heavy atom. The minimum absolute atomic E-state index is 0.0703. The summed E-state index contributed by atoms with van der Waals surface area (Å²) < 4.78 is 5.01. The van der Waals surface area contributed by atoms with Crippen LogP contribution in [0.25, 0.3) is 76.4 Å². The fourth-order valence-corrected chi connectivity index (χ4v) is 9.42. The molecule has 11 aromatic rings. The third-order valence-corrected chi connectivity index (χ3v) is 11.5. The Balaban J connectivity index is 1.13. The molecule has 0 aliphatic carbocycles. The summed E-state index contributed by atoms with van der Waals surface area (Å²) in [7, 11) is 0. The van der Waals surface area contributed by atoms with Gasteiger partial charge in [-0.15, -0.1) is 0 Å². The molecule has 1 aliphatic heterocycles. The van der Waals surface area contributed by atoms with Gasteiger partial charge in [0.15, 0.2) is 0 Å². The predicted molar refractivity (Wildman–Crippen MR) is 217 cm³/mol. The number of anilines is 1. The maximum atomic E-state index is 3.99. The lowest BCUT2D eigenvalue weighted by atomic mass is 9.92. The van der Waals surface area contributed by atoms with E-state index >= 15 is 0 Å². The number of hydrogen-bond donors (Lipinski definition) is 2. The highest BCUT2D eigenvalue weighted by Crippen LogP contribution is 2.45. The second kappa shape index (κ2) is 10.5. The molecule has 12 rings (SSSR count). The molecule has 0 spiro atoms. The first-order valence-electron chi connectivity index (χ1n) is 18.1. The molecule has 4 heteroatoms. The lowest BCUT2D eigenvalue weighted by Gasteiger charge is -2.36. The van der Waals surface area contributed by atoms with Crippen LogP contribution in [0.4, 0.5) is 5.69 Å². The van der Waals surface area contributed by atoms with Crippen LogP contribution in [0.1, 0.15) is 28.9 Å². The van der Waals surface area contributed by atoms with Gasteiger partial charge in [0.2, 0.25) is 0 Å². The molecule has 52 heavy (non-hydrogen) atoms. The molecule has 1 aliphatic rings. The Morgan fingerprint density at radius 2 is 1.02 bits per heavy atom. The Labute approximate surface area is 299 Å². The van der Waals surface area contributed by atoms with Crippen LogP contribution in [-0.4, -0.2) is 8.97 Å². The van der Waals surface area contributed by atoms with E-state index in [1.165, 1.54) is 93.1 Å². The maximum Gasteiger partial charge on any atom is 0.105 e. The van der Waals surface area contributed by atoms with Crippen molar-refractivity contribution < 1.29 is 0 Å². The zero-order valence-corrected chi connectivity index (χ0v) is 28.2. The van der Waals surface area contributed by atoms with E-state index in [0.717, 1.165) is 5.69 Å². The molecular formula is C48H32N4. The van der Waals surface area contributed by atoms with Gasteiger partial charge in [0.1, 0.15) is 6.17 Å². The van der Waals surface area contributed by atoms with Crippen LogP contribution in [0.15, 0.2) is 170 Å². The third-order valence-electron chi connectivity index (χ3n) is 11.5. The molecule has 0 fully saturated rings. The summed E-state index contributed by atoms with van der Waals surface area (Å²) in [6.07, 6.45) is -0.0815. The van der Waals surface area contributed by atoms with Crippen LogP contribution in [-0.2, 0) is 0 Å². The minimum atomic E-state index is -0.0815. The van der Waals surface area contributed by atoms with Gasteiger partial charge in [0, 0.05) is 38.0 Å². The van der Waals surface area contributed by atoms with Crippen molar-refractivity contribution >= 4 is 76.4 Å². The van der Waals surface area contributed by atoms with Crippen LogP contribution in [0.3, 0.4) is 0 Å². The van der Waals surface area contributed by atoms with E-state index in [0.29, 0.717) is 0 Å². The van der Waals surface area contributed by atoms with Gasteiger partial charge in [-0.3, -0.25) is 5.32 Å². The monoisotopic (exact) mass is 664 g/mol. The first kappa shape index (κ1) is 28.1. The highest BCUT2D eigenvalue weighted by molar-refractivity contribution is 6.31. The van der Waals surface area contributed by atoms with Gasteiger partial charge in [-0.2, -0.15) is 0 Å². The molecule has 4 heterocycles. The first-order chi connectivity index (χ1) is 25.8. The van der Waals surface area contributed by atoms with E-state index in [1.807, 2.05) is 0 Å². The largest absolute Gasteiger partial charge is 0.366 e. The van der Waals surface area contributed by atoms with Gasteiger partial charge in [0.25, 0.3) is 0 Å². The lowest BCUT2D eigenvalue weighted by molar-refractivity contribution is 0.508. The van der Waals surface area contributed by atoms with E-state index in [2.05, 4.69) is 189 Å². The molecule has 0 bridgehead atoms. The molecule has 0 radical (unpaired) electrons. The number of rotatable bonds is 3. The molecule has 2 unspecified atom stereocenters. The van der Waals surface area contributed by atoms with E-state index < -0.39 is 0 Å². The number of nitrogens with one attached hydrogen (secondary N) is 2. The molecule has 0 saturated carbocycles. The summed E-state index contributed by atoms with van der Waals surface area (Å²) in [5.41, 5.74) is 12.3.